The summed E-state index contributed by atoms with van der Waals surface area (Å²) in [6.07, 6.45) is 0. The number of thiophene rings is 2. The van der Waals surface area contributed by atoms with E-state index in [0.29, 0.717) is 11.3 Å². The number of benzene rings is 8. The summed E-state index contributed by atoms with van der Waals surface area (Å²) in [6, 6.07) is -15.1. The molecular weight excluding hydrogens is 733 g/mol. The van der Waals surface area contributed by atoms with Crippen molar-refractivity contribution in [2.45, 2.75) is 0 Å². The van der Waals surface area contributed by atoms with Crippen molar-refractivity contribution < 1.29 is 41.4 Å². The van der Waals surface area contributed by atoms with Gasteiger partial charge in [0.2, 0.25) is 0 Å². The third-order valence-corrected chi connectivity index (χ3v) is 11.4. The highest BCUT2D eigenvalue weighted by atomic mass is 32.1. The second kappa shape index (κ2) is 12.8. The average molecular weight is 790 g/mol. The summed E-state index contributed by atoms with van der Waals surface area (Å²) in [5.41, 5.74) is -4.67. The SMILES string of the molecule is [2H]c1c([2H])c([2H])c(-c2nc(-c3c([2H])c([2H])c([2H])c(-c4c([2H])c([2H])c([2H])c5c4sc4c([2H])c([2H])c([2H])c([2H])c45)c3[2H])nc3c2oc2ccc(-c4c([2H])c([2H])c([2H])c(-c5c([2H])c([2H])c([2H])c6c5sc5c([2H])c([2H])c([2H])c([2H])c56)c4[2H])cc23)c([2H])c1[2H]. The normalized spacial score (nSPS) is 18.5. The Labute approximate surface area is 373 Å². The summed E-state index contributed by atoms with van der Waals surface area (Å²) >= 11 is 1.42. The number of fused-ring (bicyclic) bond motifs is 9. The van der Waals surface area contributed by atoms with Crippen LogP contribution in [0.25, 0.3) is 118 Å². The standard InChI is InChI=1S/C52H30N2OS2/c1-2-12-31(13-3-1)47-49-48(54-52(53-47)36-17-9-16-35(29-36)38-21-11-23-42-40-19-5-7-25-46(40)57-51(38)42)43-30-33(26-27-44(43)55-49)32-14-8-15-34(28-32)37-20-10-22-41-39-18-4-6-24-45(39)56-50(37)41/h1-30H/i1D,2D,3D,4D,5D,6D,7D,8D,9D,10D,11D,12D,13D,14D,15D,16D,17D,18D,19D,20D,21D,22D,23D,24D,25D,28D,29D. The van der Waals surface area contributed by atoms with Crippen LogP contribution in [0.5, 0.6) is 0 Å². The molecule has 0 radical (unpaired) electrons. The van der Waals surface area contributed by atoms with Crippen molar-refractivity contribution in [1.82, 2.24) is 9.97 Å². The number of furan rings is 1. The first-order chi connectivity index (χ1) is 39.5. The third kappa shape index (κ3) is 5.24. The predicted octanol–water partition coefficient (Wildman–Crippen LogP) is 15.4. The molecule has 266 valence electrons. The summed E-state index contributed by atoms with van der Waals surface area (Å²) in [5, 5.41) is -0.734. The van der Waals surface area contributed by atoms with Crippen molar-refractivity contribution in [3.05, 3.63) is 181 Å². The lowest BCUT2D eigenvalue weighted by Gasteiger charge is -2.09. The van der Waals surface area contributed by atoms with Crippen LogP contribution in [0.4, 0.5) is 0 Å². The summed E-state index contributed by atoms with van der Waals surface area (Å²) < 4.78 is 246. The van der Waals surface area contributed by atoms with Crippen LogP contribution in [0.2, 0.25) is 0 Å². The van der Waals surface area contributed by atoms with Crippen molar-refractivity contribution >= 4 is 85.1 Å². The Balaban J connectivity index is 1.17. The van der Waals surface area contributed by atoms with Crippen molar-refractivity contribution in [2.24, 2.45) is 0 Å². The highest BCUT2D eigenvalue weighted by Gasteiger charge is 2.20. The molecule has 3 nitrogen and oxygen atoms in total. The highest BCUT2D eigenvalue weighted by Crippen LogP contribution is 2.43. The Hall–Kier alpha value is -6.92. The van der Waals surface area contributed by atoms with E-state index in [4.69, 9.17) is 38.2 Å². The van der Waals surface area contributed by atoms with Gasteiger partial charge >= 0.3 is 0 Å². The summed E-state index contributed by atoms with van der Waals surface area (Å²) in [7, 11) is 0. The molecule has 0 saturated carbocycles. The largest absolute Gasteiger partial charge is 0.452 e. The number of nitrogens with zero attached hydrogens (tertiary/aromatic N) is 2. The lowest BCUT2D eigenvalue weighted by Crippen LogP contribution is -1.94. The van der Waals surface area contributed by atoms with Gasteiger partial charge in [-0.1, -0.05) is 145 Å². The van der Waals surface area contributed by atoms with E-state index in [1.54, 1.807) is 0 Å². The molecule has 5 heteroatoms. The molecule has 4 aromatic heterocycles. The minimum absolute atomic E-state index is 0.0428. The van der Waals surface area contributed by atoms with E-state index in [9.17, 15) is 8.22 Å². The fraction of sp³-hybridized carbons (Fsp3) is 0. The highest BCUT2D eigenvalue weighted by molar-refractivity contribution is 7.26. The molecule has 4 heterocycles. The summed E-state index contributed by atoms with van der Waals surface area (Å²) in [6.45, 7) is 0. The number of hydrogen-bond acceptors (Lipinski definition) is 5. The maximum atomic E-state index is 9.81. The maximum absolute atomic E-state index is 9.81. The van der Waals surface area contributed by atoms with E-state index in [-0.39, 0.29) is 79.1 Å². The van der Waals surface area contributed by atoms with E-state index in [1.807, 2.05) is 0 Å². The Morgan fingerprint density at radius 2 is 0.982 bits per heavy atom. The van der Waals surface area contributed by atoms with Crippen LogP contribution < -0.4 is 0 Å². The van der Waals surface area contributed by atoms with Crippen LogP contribution in [0, 0.1) is 0 Å². The van der Waals surface area contributed by atoms with Crippen LogP contribution >= 0.6 is 22.7 Å². The van der Waals surface area contributed by atoms with Gasteiger partial charge in [0.15, 0.2) is 11.4 Å². The lowest BCUT2D eigenvalue weighted by molar-refractivity contribution is 0.667. The van der Waals surface area contributed by atoms with Crippen LogP contribution in [-0.2, 0) is 0 Å². The van der Waals surface area contributed by atoms with Crippen molar-refractivity contribution in [1.29, 1.82) is 0 Å². The molecule has 0 atom stereocenters. The van der Waals surface area contributed by atoms with E-state index >= 15 is 0 Å². The average Bonchev–Trinajstić information content (AvgIpc) is 2.76. The molecule has 0 amide bonds. The molecule has 0 aliphatic heterocycles. The van der Waals surface area contributed by atoms with Crippen LogP contribution in [-0.4, -0.2) is 9.97 Å². The molecule has 0 unspecified atom stereocenters. The van der Waals surface area contributed by atoms with E-state index in [2.05, 4.69) is 4.98 Å². The van der Waals surface area contributed by atoms with Gasteiger partial charge in [-0.15, -0.1) is 22.7 Å². The van der Waals surface area contributed by atoms with Crippen LogP contribution in [0.1, 0.15) is 37.0 Å². The zero-order chi connectivity index (χ0) is 60.9. The number of hydrogen-bond donors (Lipinski definition) is 0. The smallest absolute Gasteiger partial charge is 0.180 e. The van der Waals surface area contributed by atoms with E-state index in [0.717, 1.165) is 11.3 Å². The minimum atomic E-state index is -0.894. The van der Waals surface area contributed by atoms with Crippen molar-refractivity contribution in [3.8, 4) is 56.0 Å². The Morgan fingerprint density at radius 3 is 1.67 bits per heavy atom. The Morgan fingerprint density at radius 1 is 0.439 bits per heavy atom. The minimum Gasteiger partial charge on any atom is -0.452 e. The predicted molar refractivity (Wildman–Crippen MR) is 242 cm³/mol. The lowest BCUT2D eigenvalue weighted by atomic mass is 9.97. The summed E-state index contributed by atoms with van der Waals surface area (Å²) in [4.78, 5) is 9.32. The zero-order valence-electron chi connectivity index (χ0n) is 55.4. The first-order valence-corrected chi connectivity index (χ1v) is 18.5. The van der Waals surface area contributed by atoms with Crippen LogP contribution in [0.15, 0.2) is 186 Å². The zero-order valence-corrected chi connectivity index (χ0v) is 30.0. The second-order valence-electron chi connectivity index (χ2n) is 12.4. The quantitative estimate of drug-likeness (QED) is 0.174. The number of aromatic nitrogens is 2. The van der Waals surface area contributed by atoms with Crippen LogP contribution in [0.3, 0.4) is 0 Å². The fourth-order valence-electron chi connectivity index (χ4n) is 6.65. The van der Waals surface area contributed by atoms with Gasteiger partial charge in [-0.05, 0) is 69.7 Å². The van der Waals surface area contributed by atoms with Gasteiger partial charge in [0.25, 0.3) is 0 Å². The number of rotatable bonds is 5. The molecule has 0 spiro atoms. The first-order valence-electron chi connectivity index (χ1n) is 30.4. The maximum Gasteiger partial charge on any atom is 0.180 e. The Bertz CT molecular complexity index is 5100. The van der Waals surface area contributed by atoms with Crippen molar-refractivity contribution in [2.75, 3.05) is 0 Å². The Kier molecular flexibility index (Phi) is 3.50. The molecule has 12 rings (SSSR count). The second-order valence-corrected chi connectivity index (χ2v) is 14.4. The van der Waals surface area contributed by atoms with E-state index in [1.165, 1.54) is 18.2 Å². The molecule has 0 saturated heterocycles. The molecule has 0 aliphatic carbocycles. The van der Waals surface area contributed by atoms with Gasteiger partial charge in [-0.2, -0.15) is 0 Å². The molecule has 0 N–H and O–H groups in total. The molecule has 0 bridgehead atoms. The molecule has 12 aromatic rings. The van der Waals surface area contributed by atoms with Gasteiger partial charge in [-0.3, -0.25) is 0 Å². The molecule has 8 aromatic carbocycles. The third-order valence-electron chi connectivity index (χ3n) is 9.18. The monoisotopic (exact) mass is 789 g/mol. The summed E-state index contributed by atoms with van der Waals surface area (Å²) in [5.74, 6) is -0.665. The first kappa shape index (κ1) is 15.5. The van der Waals surface area contributed by atoms with E-state index < -0.39 is 202 Å². The topological polar surface area (TPSA) is 38.9 Å². The van der Waals surface area contributed by atoms with Gasteiger partial charge in [0.05, 0.1) is 37.0 Å². The van der Waals surface area contributed by atoms with Crippen molar-refractivity contribution in [3.63, 3.8) is 0 Å². The fourth-order valence-corrected chi connectivity index (χ4v) is 8.79. The molecule has 0 fully saturated rings. The molecular formula is C52H30N2OS2. The molecule has 0 aliphatic rings. The van der Waals surface area contributed by atoms with Gasteiger partial charge in [0, 0.05) is 56.9 Å². The molecule has 57 heavy (non-hydrogen) atoms. The van der Waals surface area contributed by atoms with Gasteiger partial charge in [0.1, 0.15) is 16.8 Å². The van der Waals surface area contributed by atoms with Gasteiger partial charge < -0.3 is 4.42 Å². The van der Waals surface area contributed by atoms with Gasteiger partial charge in [-0.25, -0.2) is 9.97 Å².